The minimum atomic E-state index is -0.388. The Kier molecular flexibility index (Phi) is 7.28. The van der Waals surface area contributed by atoms with Crippen molar-refractivity contribution in [3.8, 4) is 0 Å². The smallest absolute Gasteiger partial charge is 0.236 e. The molecule has 1 saturated carbocycles. The third-order valence-corrected chi connectivity index (χ3v) is 3.81. The van der Waals surface area contributed by atoms with Gasteiger partial charge in [-0.05, 0) is 37.5 Å². The van der Waals surface area contributed by atoms with Gasteiger partial charge in [-0.2, -0.15) is 0 Å². The van der Waals surface area contributed by atoms with Gasteiger partial charge in [0.05, 0.1) is 6.04 Å². The molecule has 1 amide bonds. The van der Waals surface area contributed by atoms with Crippen molar-refractivity contribution in [1.82, 2.24) is 5.32 Å². The molecule has 1 fully saturated rings. The van der Waals surface area contributed by atoms with Crippen molar-refractivity contribution in [1.29, 1.82) is 0 Å². The summed E-state index contributed by atoms with van der Waals surface area (Å²) in [5, 5.41) is 2.99. The van der Waals surface area contributed by atoms with E-state index in [-0.39, 0.29) is 11.9 Å². The van der Waals surface area contributed by atoms with Crippen LogP contribution in [0.2, 0.25) is 0 Å². The fraction of sp³-hybridized carbons (Fsp3) is 0.929. The van der Waals surface area contributed by atoms with Crippen LogP contribution in [-0.2, 0) is 9.53 Å². The summed E-state index contributed by atoms with van der Waals surface area (Å²) in [6, 6.07) is -0.388. The standard InChI is InChI=1S/C14H28N2O2/c1-11-5-3-6-12(9-11)10-16-14(17)13(15)7-4-8-18-2/h11-13H,3-10,15H2,1-2H3,(H,16,17). The largest absolute Gasteiger partial charge is 0.385 e. The van der Waals surface area contributed by atoms with E-state index in [1.807, 2.05) is 0 Å². The van der Waals surface area contributed by atoms with Crippen LogP contribution in [0.25, 0.3) is 0 Å². The van der Waals surface area contributed by atoms with E-state index < -0.39 is 0 Å². The van der Waals surface area contributed by atoms with Crippen LogP contribution in [0.1, 0.15) is 45.4 Å². The number of methoxy groups -OCH3 is 1. The zero-order valence-electron chi connectivity index (χ0n) is 11.8. The third kappa shape index (κ3) is 5.83. The average Bonchev–Trinajstić information content (AvgIpc) is 2.36. The van der Waals surface area contributed by atoms with Crippen LogP contribution in [0.4, 0.5) is 0 Å². The highest BCUT2D eigenvalue weighted by molar-refractivity contribution is 5.81. The Bertz CT molecular complexity index is 246. The van der Waals surface area contributed by atoms with Gasteiger partial charge in [-0.15, -0.1) is 0 Å². The van der Waals surface area contributed by atoms with Crippen molar-refractivity contribution >= 4 is 5.91 Å². The first-order valence-corrected chi connectivity index (χ1v) is 7.15. The van der Waals surface area contributed by atoms with Gasteiger partial charge >= 0.3 is 0 Å². The van der Waals surface area contributed by atoms with Gasteiger partial charge in [-0.3, -0.25) is 4.79 Å². The molecule has 0 heterocycles. The maximum absolute atomic E-state index is 11.8. The molecule has 0 radical (unpaired) electrons. The van der Waals surface area contributed by atoms with E-state index in [1.165, 1.54) is 25.7 Å². The number of ether oxygens (including phenoxy) is 1. The van der Waals surface area contributed by atoms with Crippen LogP contribution in [-0.4, -0.2) is 32.2 Å². The molecule has 0 saturated heterocycles. The van der Waals surface area contributed by atoms with Crippen LogP contribution in [0.5, 0.6) is 0 Å². The average molecular weight is 256 g/mol. The lowest BCUT2D eigenvalue weighted by molar-refractivity contribution is -0.122. The van der Waals surface area contributed by atoms with Crippen LogP contribution < -0.4 is 11.1 Å². The summed E-state index contributed by atoms with van der Waals surface area (Å²) in [7, 11) is 1.66. The molecule has 3 atom stereocenters. The van der Waals surface area contributed by atoms with Gasteiger partial charge in [-0.25, -0.2) is 0 Å². The Labute approximate surface area is 111 Å². The van der Waals surface area contributed by atoms with Gasteiger partial charge in [0.1, 0.15) is 0 Å². The molecule has 0 aromatic carbocycles. The van der Waals surface area contributed by atoms with Crippen LogP contribution in [0.15, 0.2) is 0 Å². The number of hydrogen-bond acceptors (Lipinski definition) is 3. The minimum Gasteiger partial charge on any atom is -0.385 e. The molecule has 0 aliphatic heterocycles. The highest BCUT2D eigenvalue weighted by Gasteiger charge is 2.20. The number of amides is 1. The van der Waals surface area contributed by atoms with Crippen LogP contribution in [0.3, 0.4) is 0 Å². The zero-order chi connectivity index (χ0) is 13.4. The lowest BCUT2D eigenvalue weighted by atomic mass is 9.82. The summed E-state index contributed by atoms with van der Waals surface area (Å²) in [6.45, 7) is 3.76. The van der Waals surface area contributed by atoms with Crippen molar-refractivity contribution in [2.24, 2.45) is 17.6 Å². The first-order valence-electron chi connectivity index (χ1n) is 7.15. The summed E-state index contributed by atoms with van der Waals surface area (Å²) in [6.07, 6.45) is 6.64. The number of nitrogens with one attached hydrogen (secondary N) is 1. The molecule has 0 spiro atoms. The molecule has 0 aromatic rings. The summed E-state index contributed by atoms with van der Waals surface area (Å²) in [5.74, 6) is 1.43. The Morgan fingerprint density at radius 1 is 1.50 bits per heavy atom. The lowest BCUT2D eigenvalue weighted by Crippen LogP contribution is -2.43. The molecule has 3 unspecified atom stereocenters. The molecule has 4 heteroatoms. The van der Waals surface area contributed by atoms with Gasteiger partial charge in [-0.1, -0.05) is 19.8 Å². The zero-order valence-corrected chi connectivity index (χ0v) is 11.8. The van der Waals surface area contributed by atoms with E-state index in [2.05, 4.69) is 12.2 Å². The quantitative estimate of drug-likeness (QED) is 0.681. The molecular weight excluding hydrogens is 228 g/mol. The second-order valence-corrected chi connectivity index (χ2v) is 5.62. The van der Waals surface area contributed by atoms with Gasteiger partial charge in [0, 0.05) is 20.3 Å². The number of rotatable bonds is 7. The molecule has 4 nitrogen and oxygen atoms in total. The number of carbonyl (C=O) groups excluding carboxylic acids is 1. The molecule has 3 N–H and O–H groups in total. The van der Waals surface area contributed by atoms with Crippen LogP contribution >= 0.6 is 0 Å². The monoisotopic (exact) mass is 256 g/mol. The van der Waals surface area contributed by atoms with Crippen LogP contribution in [0, 0.1) is 11.8 Å². The van der Waals surface area contributed by atoms with Gasteiger partial charge in [0.2, 0.25) is 5.91 Å². The normalized spacial score (nSPS) is 25.7. The second kappa shape index (κ2) is 8.48. The van der Waals surface area contributed by atoms with Crippen molar-refractivity contribution in [2.45, 2.75) is 51.5 Å². The van der Waals surface area contributed by atoms with Crippen molar-refractivity contribution in [3.05, 3.63) is 0 Å². The highest BCUT2D eigenvalue weighted by atomic mass is 16.5. The maximum Gasteiger partial charge on any atom is 0.236 e. The highest BCUT2D eigenvalue weighted by Crippen LogP contribution is 2.27. The molecular formula is C14H28N2O2. The number of nitrogens with two attached hydrogens (primary N) is 1. The van der Waals surface area contributed by atoms with E-state index in [0.29, 0.717) is 18.9 Å². The SMILES string of the molecule is COCCCC(N)C(=O)NCC1CCCC(C)C1. The number of carbonyl (C=O) groups is 1. The fourth-order valence-electron chi connectivity index (χ4n) is 2.70. The first kappa shape index (κ1) is 15.4. The van der Waals surface area contributed by atoms with Crippen molar-refractivity contribution in [3.63, 3.8) is 0 Å². The molecule has 18 heavy (non-hydrogen) atoms. The predicted octanol–water partition coefficient (Wildman–Crippen LogP) is 1.68. The Morgan fingerprint density at radius 2 is 2.28 bits per heavy atom. The predicted molar refractivity (Wildman–Crippen MR) is 73.2 cm³/mol. The molecule has 1 aliphatic rings. The van der Waals surface area contributed by atoms with E-state index in [1.54, 1.807) is 7.11 Å². The van der Waals surface area contributed by atoms with Gasteiger partial charge in [0.15, 0.2) is 0 Å². The first-order chi connectivity index (χ1) is 8.63. The molecule has 0 aromatic heterocycles. The van der Waals surface area contributed by atoms with E-state index >= 15 is 0 Å². The lowest BCUT2D eigenvalue weighted by Gasteiger charge is -2.27. The summed E-state index contributed by atoms with van der Waals surface area (Å²) in [5.41, 5.74) is 5.83. The summed E-state index contributed by atoms with van der Waals surface area (Å²) >= 11 is 0. The molecule has 0 bridgehead atoms. The molecule has 106 valence electrons. The third-order valence-electron chi connectivity index (χ3n) is 3.81. The minimum absolute atomic E-state index is 0.00988. The number of hydrogen-bond donors (Lipinski definition) is 2. The van der Waals surface area contributed by atoms with Gasteiger partial charge in [0.25, 0.3) is 0 Å². The Balaban J connectivity index is 2.15. The van der Waals surface area contributed by atoms with E-state index in [4.69, 9.17) is 10.5 Å². The molecule has 1 aliphatic carbocycles. The Morgan fingerprint density at radius 3 is 2.94 bits per heavy atom. The van der Waals surface area contributed by atoms with Crippen molar-refractivity contribution in [2.75, 3.05) is 20.3 Å². The second-order valence-electron chi connectivity index (χ2n) is 5.62. The maximum atomic E-state index is 11.8. The van der Waals surface area contributed by atoms with E-state index in [9.17, 15) is 4.79 Å². The van der Waals surface area contributed by atoms with Gasteiger partial charge < -0.3 is 15.8 Å². The van der Waals surface area contributed by atoms with E-state index in [0.717, 1.165) is 18.9 Å². The summed E-state index contributed by atoms with van der Waals surface area (Å²) in [4.78, 5) is 11.8. The summed E-state index contributed by atoms with van der Waals surface area (Å²) < 4.78 is 4.95. The molecule has 1 rings (SSSR count). The Hall–Kier alpha value is -0.610. The topological polar surface area (TPSA) is 64.3 Å². The fourth-order valence-corrected chi connectivity index (χ4v) is 2.70. The van der Waals surface area contributed by atoms with Crippen molar-refractivity contribution < 1.29 is 9.53 Å².